The highest BCUT2D eigenvalue weighted by Gasteiger charge is 2.18. The summed E-state index contributed by atoms with van der Waals surface area (Å²) in [7, 11) is 3.05. The van der Waals surface area contributed by atoms with Crippen LogP contribution >= 0.6 is 0 Å². The van der Waals surface area contributed by atoms with Crippen molar-refractivity contribution in [1.29, 1.82) is 0 Å². The largest absolute Gasteiger partial charge is 0.492 e. The lowest BCUT2D eigenvalue weighted by molar-refractivity contribution is -0.116. The Morgan fingerprint density at radius 2 is 1.83 bits per heavy atom. The van der Waals surface area contributed by atoms with Crippen molar-refractivity contribution in [1.82, 2.24) is 14.1 Å². The minimum atomic E-state index is -0.418. The van der Waals surface area contributed by atoms with Gasteiger partial charge < -0.3 is 10.1 Å². The first-order chi connectivity index (χ1) is 14.3. The Morgan fingerprint density at radius 3 is 2.53 bits per heavy atom. The van der Waals surface area contributed by atoms with Crippen LogP contribution in [0.15, 0.2) is 33.9 Å². The summed E-state index contributed by atoms with van der Waals surface area (Å²) in [5.74, 6) is 0.465. The molecule has 0 unspecified atom stereocenters. The first-order valence-corrected chi connectivity index (χ1v) is 9.83. The quantitative estimate of drug-likeness (QED) is 0.672. The van der Waals surface area contributed by atoms with Gasteiger partial charge in [-0.15, -0.1) is 0 Å². The zero-order valence-corrected chi connectivity index (χ0v) is 17.9. The molecule has 0 fully saturated rings. The van der Waals surface area contributed by atoms with E-state index in [4.69, 9.17) is 4.74 Å². The van der Waals surface area contributed by atoms with E-state index in [1.807, 2.05) is 32.9 Å². The fourth-order valence-corrected chi connectivity index (χ4v) is 3.61. The number of pyridine rings is 1. The van der Waals surface area contributed by atoms with Gasteiger partial charge in [0.05, 0.1) is 17.7 Å². The number of benzene rings is 1. The van der Waals surface area contributed by atoms with Gasteiger partial charge in [0.15, 0.2) is 0 Å². The van der Waals surface area contributed by atoms with E-state index < -0.39 is 5.69 Å². The van der Waals surface area contributed by atoms with Crippen molar-refractivity contribution in [2.45, 2.75) is 33.6 Å². The number of anilines is 1. The third-order valence-electron chi connectivity index (χ3n) is 5.23. The first-order valence-electron chi connectivity index (χ1n) is 9.83. The topological polar surface area (TPSA) is 95.2 Å². The van der Waals surface area contributed by atoms with Crippen LogP contribution in [0.2, 0.25) is 0 Å². The Hall–Kier alpha value is -3.42. The molecule has 0 saturated heterocycles. The number of hydrogen-bond acceptors (Lipinski definition) is 5. The summed E-state index contributed by atoms with van der Waals surface area (Å²) in [4.78, 5) is 41.9. The van der Waals surface area contributed by atoms with Gasteiger partial charge in [0.25, 0.3) is 5.56 Å². The van der Waals surface area contributed by atoms with E-state index in [9.17, 15) is 14.4 Å². The van der Waals surface area contributed by atoms with E-state index in [0.29, 0.717) is 41.2 Å². The molecule has 0 radical (unpaired) electrons. The highest BCUT2D eigenvalue weighted by atomic mass is 16.5. The average molecular weight is 410 g/mol. The molecule has 3 rings (SSSR count). The maximum Gasteiger partial charge on any atom is 0.332 e. The van der Waals surface area contributed by atoms with Crippen LogP contribution in [0, 0.1) is 13.8 Å². The molecular weight excluding hydrogens is 384 g/mol. The summed E-state index contributed by atoms with van der Waals surface area (Å²) < 4.78 is 7.99. The molecule has 0 aliphatic carbocycles. The molecule has 0 aliphatic heterocycles. The van der Waals surface area contributed by atoms with Crippen LogP contribution in [-0.2, 0) is 25.3 Å². The number of carbonyl (C=O) groups is 1. The molecular formula is C22H26N4O4. The lowest BCUT2D eigenvalue weighted by Gasteiger charge is -2.15. The number of ether oxygens (including phenoxy) is 1. The average Bonchev–Trinajstić information content (AvgIpc) is 2.71. The van der Waals surface area contributed by atoms with Crippen LogP contribution in [0.4, 0.5) is 5.69 Å². The molecule has 1 N–H and O–H groups in total. The number of para-hydroxylation sites is 2. The second-order valence-electron chi connectivity index (χ2n) is 7.18. The lowest BCUT2D eigenvalue weighted by atomic mass is 10.00. The number of aromatic nitrogens is 3. The van der Waals surface area contributed by atoms with Crippen LogP contribution in [0.1, 0.15) is 30.2 Å². The number of aryl methyl sites for hydroxylation is 3. The van der Waals surface area contributed by atoms with Gasteiger partial charge in [-0.05, 0) is 50.5 Å². The van der Waals surface area contributed by atoms with E-state index in [1.54, 1.807) is 19.2 Å². The van der Waals surface area contributed by atoms with Crippen molar-refractivity contribution in [2.24, 2.45) is 14.1 Å². The Morgan fingerprint density at radius 1 is 1.13 bits per heavy atom. The maximum absolute atomic E-state index is 12.7. The SMILES string of the molecule is CCOc1ccccc1NC(=O)CCc1c(C)nc2c(c1C)c(=O)n(C)c(=O)n2C. The molecule has 30 heavy (non-hydrogen) atoms. The molecule has 2 aromatic heterocycles. The molecule has 8 nitrogen and oxygen atoms in total. The number of hydrogen-bond donors (Lipinski definition) is 1. The predicted octanol–water partition coefficient (Wildman–Crippen LogP) is 2.22. The molecule has 8 heteroatoms. The van der Waals surface area contributed by atoms with Crippen molar-refractivity contribution in [3.8, 4) is 5.75 Å². The summed E-state index contributed by atoms with van der Waals surface area (Å²) >= 11 is 0. The number of nitrogens with zero attached hydrogens (tertiary/aromatic N) is 3. The molecule has 1 aromatic carbocycles. The van der Waals surface area contributed by atoms with Gasteiger partial charge in [0, 0.05) is 26.2 Å². The van der Waals surface area contributed by atoms with Crippen LogP contribution in [0.3, 0.4) is 0 Å². The third-order valence-corrected chi connectivity index (χ3v) is 5.23. The van der Waals surface area contributed by atoms with Gasteiger partial charge in [0.1, 0.15) is 11.4 Å². The Kier molecular flexibility index (Phi) is 6.05. The molecule has 0 atom stereocenters. The highest BCUT2D eigenvalue weighted by Crippen LogP contribution is 2.25. The minimum Gasteiger partial charge on any atom is -0.492 e. The third kappa shape index (κ3) is 3.85. The molecule has 0 aliphatic rings. The number of fused-ring (bicyclic) bond motifs is 1. The standard InChI is InChI=1S/C22H26N4O4/c1-6-30-17-10-8-7-9-16(17)24-18(27)12-11-15-13(2)19-20(23-14(15)3)25(4)22(29)26(5)21(19)28/h7-10H,6,11-12H2,1-5H3,(H,24,27). The summed E-state index contributed by atoms with van der Waals surface area (Å²) in [5, 5.41) is 3.29. The summed E-state index contributed by atoms with van der Waals surface area (Å²) in [6, 6.07) is 7.28. The fourth-order valence-electron chi connectivity index (χ4n) is 3.61. The molecule has 0 saturated carbocycles. The van der Waals surface area contributed by atoms with Crippen LogP contribution in [0.5, 0.6) is 5.75 Å². The predicted molar refractivity (Wildman–Crippen MR) is 116 cm³/mol. The maximum atomic E-state index is 12.7. The van der Waals surface area contributed by atoms with Crippen molar-refractivity contribution in [3.63, 3.8) is 0 Å². The first kappa shape index (κ1) is 21.3. The van der Waals surface area contributed by atoms with Crippen LogP contribution in [0.25, 0.3) is 11.0 Å². The smallest absolute Gasteiger partial charge is 0.332 e. The van der Waals surface area contributed by atoms with Gasteiger partial charge >= 0.3 is 5.69 Å². The van der Waals surface area contributed by atoms with Gasteiger partial charge in [-0.25, -0.2) is 9.78 Å². The molecule has 1 amide bonds. The van der Waals surface area contributed by atoms with E-state index in [0.717, 1.165) is 15.7 Å². The van der Waals surface area contributed by atoms with E-state index in [2.05, 4.69) is 10.3 Å². The van der Waals surface area contributed by atoms with Crippen molar-refractivity contribution in [3.05, 3.63) is 61.9 Å². The van der Waals surface area contributed by atoms with Gasteiger partial charge in [0.2, 0.25) is 5.91 Å². The van der Waals surface area contributed by atoms with Gasteiger partial charge in [-0.3, -0.25) is 18.7 Å². The fraction of sp³-hybridized carbons (Fsp3) is 0.364. The summed E-state index contributed by atoms with van der Waals surface area (Å²) in [5.41, 5.74) is 2.47. The zero-order chi connectivity index (χ0) is 22.0. The summed E-state index contributed by atoms with van der Waals surface area (Å²) in [6.07, 6.45) is 0.649. The van der Waals surface area contributed by atoms with Crippen molar-refractivity contribution in [2.75, 3.05) is 11.9 Å². The Bertz CT molecular complexity index is 1240. The summed E-state index contributed by atoms with van der Waals surface area (Å²) in [6.45, 7) is 6.05. The normalized spacial score (nSPS) is 11.0. The van der Waals surface area contributed by atoms with E-state index in [-0.39, 0.29) is 17.9 Å². The zero-order valence-electron chi connectivity index (χ0n) is 17.9. The lowest BCUT2D eigenvalue weighted by Crippen LogP contribution is -2.38. The van der Waals surface area contributed by atoms with Crippen LogP contribution < -0.4 is 21.3 Å². The monoisotopic (exact) mass is 410 g/mol. The van der Waals surface area contributed by atoms with Gasteiger partial charge in [-0.2, -0.15) is 0 Å². The second-order valence-corrected chi connectivity index (χ2v) is 7.18. The van der Waals surface area contributed by atoms with Crippen molar-refractivity contribution >= 4 is 22.6 Å². The number of nitrogens with one attached hydrogen (secondary N) is 1. The van der Waals surface area contributed by atoms with Gasteiger partial charge in [-0.1, -0.05) is 12.1 Å². The molecule has 0 bridgehead atoms. The molecule has 0 spiro atoms. The van der Waals surface area contributed by atoms with E-state index in [1.165, 1.54) is 11.6 Å². The Labute approximate surface area is 174 Å². The molecule has 2 heterocycles. The Balaban J connectivity index is 1.89. The minimum absolute atomic E-state index is 0.158. The second kappa shape index (κ2) is 8.52. The van der Waals surface area contributed by atoms with E-state index >= 15 is 0 Å². The molecule has 3 aromatic rings. The number of amides is 1. The number of rotatable bonds is 6. The van der Waals surface area contributed by atoms with Crippen LogP contribution in [-0.4, -0.2) is 26.6 Å². The number of carbonyl (C=O) groups excluding carboxylic acids is 1. The molecule has 158 valence electrons. The highest BCUT2D eigenvalue weighted by molar-refractivity contribution is 5.92. The van der Waals surface area contributed by atoms with Crippen molar-refractivity contribution < 1.29 is 9.53 Å².